The Hall–Kier alpha value is -2.75. The van der Waals surface area contributed by atoms with Crippen molar-refractivity contribution in [3.8, 4) is 0 Å². The van der Waals surface area contributed by atoms with Gasteiger partial charge >= 0.3 is 5.97 Å². The fraction of sp³-hybridized carbons (Fsp3) is 0. The molecule has 0 bridgehead atoms. The molecule has 0 aromatic heterocycles. The molecule has 0 saturated heterocycles. The lowest BCUT2D eigenvalue weighted by molar-refractivity contribution is 0.0696. The Bertz CT molecular complexity index is 672. The molecule has 0 aliphatic rings. The highest BCUT2D eigenvalue weighted by Crippen LogP contribution is 2.09. The van der Waals surface area contributed by atoms with E-state index < -0.39 is 11.8 Å². The van der Waals surface area contributed by atoms with Gasteiger partial charge in [0.25, 0.3) is 0 Å². The van der Waals surface area contributed by atoms with Crippen LogP contribution in [0, 0.1) is 5.82 Å². The van der Waals surface area contributed by atoms with E-state index in [1.807, 2.05) is 0 Å². The van der Waals surface area contributed by atoms with Crippen LogP contribution in [0.2, 0.25) is 0 Å². The second-order valence-corrected chi connectivity index (χ2v) is 4.14. The maximum Gasteiger partial charge on any atom is 0.335 e. The molecule has 3 nitrogen and oxygen atoms in total. The van der Waals surface area contributed by atoms with E-state index in [9.17, 15) is 14.0 Å². The van der Waals surface area contributed by atoms with Gasteiger partial charge in [0.05, 0.1) is 5.56 Å². The van der Waals surface area contributed by atoms with Gasteiger partial charge < -0.3 is 5.11 Å². The van der Waals surface area contributed by atoms with E-state index in [2.05, 4.69) is 0 Å². The summed E-state index contributed by atoms with van der Waals surface area (Å²) in [6.45, 7) is 0. The van der Waals surface area contributed by atoms with Gasteiger partial charge in [-0.25, -0.2) is 9.18 Å². The highest BCUT2D eigenvalue weighted by Gasteiger charge is 2.03. The number of carbonyl (C=O) groups excluding carboxylic acids is 1. The van der Waals surface area contributed by atoms with Crippen LogP contribution in [-0.4, -0.2) is 16.9 Å². The zero-order valence-corrected chi connectivity index (χ0v) is 10.4. The second-order valence-electron chi connectivity index (χ2n) is 4.14. The van der Waals surface area contributed by atoms with Crippen molar-refractivity contribution in [2.45, 2.75) is 0 Å². The third-order valence-corrected chi connectivity index (χ3v) is 2.69. The van der Waals surface area contributed by atoms with Gasteiger partial charge in [-0.1, -0.05) is 30.3 Å². The van der Waals surface area contributed by atoms with Crippen LogP contribution >= 0.6 is 0 Å². The smallest absolute Gasteiger partial charge is 0.335 e. The van der Waals surface area contributed by atoms with E-state index in [4.69, 9.17) is 5.11 Å². The lowest BCUT2D eigenvalue weighted by Gasteiger charge is -1.97. The lowest BCUT2D eigenvalue weighted by Crippen LogP contribution is -1.96. The molecule has 0 fully saturated rings. The molecule has 2 aromatic rings. The summed E-state index contributed by atoms with van der Waals surface area (Å²) >= 11 is 0. The zero-order valence-electron chi connectivity index (χ0n) is 10.4. The van der Waals surface area contributed by atoms with Gasteiger partial charge in [-0.15, -0.1) is 0 Å². The fourth-order valence-corrected chi connectivity index (χ4v) is 1.65. The van der Waals surface area contributed by atoms with Crippen LogP contribution in [0.3, 0.4) is 0 Å². The van der Waals surface area contributed by atoms with Gasteiger partial charge in [0.2, 0.25) is 0 Å². The fourth-order valence-electron chi connectivity index (χ4n) is 1.65. The van der Waals surface area contributed by atoms with Gasteiger partial charge in [-0.3, -0.25) is 4.79 Å². The minimum atomic E-state index is -1.00. The molecule has 20 heavy (non-hydrogen) atoms. The Balaban J connectivity index is 2.13. The minimum Gasteiger partial charge on any atom is -0.478 e. The lowest BCUT2D eigenvalue weighted by atomic mass is 10.1. The first-order valence-corrected chi connectivity index (χ1v) is 5.87. The molecule has 0 heterocycles. The van der Waals surface area contributed by atoms with Crippen LogP contribution in [0.4, 0.5) is 4.39 Å². The molecule has 2 rings (SSSR count). The summed E-state index contributed by atoms with van der Waals surface area (Å²) in [4.78, 5) is 22.5. The van der Waals surface area contributed by atoms with Crippen LogP contribution < -0.4 is 0 Å². The highest BCUT2D eigenvalue weighted by molar-refractivity contribution is 6.06. The topological polar surface area (TPSA) is 54.4 Å². The number of benzene rings is 2. The van der Waals surface area contributed by atoms with E-state index in [1.165, 1.54) is 42.5 Å². The average molecular weight is 270 g/mol. The highest BCUT2D eigenvalue weighted by atomic mass is 19.1. The number of carboxylic acids is 1. The van der Waals surface area contributed by atoms with Crippen molar-refractivity contribution in [3.05, 3.63) is 77.1 Å². The number of carboxylic acid groups (broad SMARTS) is 1. The predicted molar refractivity (Wildman–Crippen MR) is 73.2 cm³/mol. The van der Waals surface area contributed by atoms with E-state index >= 15 is 0 Å². The molecule has 4 heteroatoms. The number of ketones is 1. The molecular weight excluding hydrogens is 259 g/mol. The number of halogens is 1. The monoisotopic (exact) mass is 270 g/mol. The molecule has 0 spiro atoms. The molecule has 0 saturated carbocycles. The first-order valence-electron chi connectivity index (χ1n) is 5.87. The van der Waals surface area contributed by atoms with Crippen LogP contribution in [0.15, 0.2) is 54.6 Å². The molecule has 100 valence electrons. The first kappa shape index (κ1) is 13.7. The second kappa shape index (κ2) is 5.93. The molecule has 2 aromatic carbocycles. The SMILES string of the molecule is O=C(O)c1ccc(C=CC(=O)c2cccc(F)c2)cc1. The van der Waals surface area contributed by atoms with E-state index in [0.29, 0.717) is 5.56 Å². The number of carbonyl (C=O) groups is 2. The number of aromatic carboxylic acids is 1. The summed E-state index contributed by atoms with van der Waals surface area (Å²) in [7, 11) is 0. The first-order chi connectivity index (χ1) is 9.56. The van der Waals surface area contributed by atoms with E-state index in [-0.39, 0.29) is 16.9 Å². The standard InChI is InChI=1S/C16H11FO3/c17-14-3-1-2-13(10-14)15(18)9-6-11-4-7-12(8-5-11)16(19)20/h1-10H,(H,19,20). The van der Waals surface area contributed by atoms with E-state index in [0.717, 1.165) is 0 Å². The summed E-state index contributed by atoms with van der Waals surface area (Å²) in [6.07, 6.45) is 2.88. The minimum absolute atomic E-state index is 0.179. The summed E-state index contributed by atoms with van der Waals surface area (Å²) in [5.41, 5.74) is 1.14. The van der Waals surface area contributed by atoms with E-state index in [1.54, 1.807) is 18.2 Å². The quantitative estimate of drug-likeness (QED) is 0.684. The van der Waals surface area contributed by atoms with Crippen molar-refractivity contribution in [2.24, 2.45) is 0 Å². The molecule has 0 aliphatic carbocycles. The maximum absolute atomic E-state index is 13.0. The molecule has 1 N–H and O–H groups in total. The van der Waals surface area contributed by atoms with Crippen molar-refractivity contribution in [2.75, 3.05) is 0 Å². The average Bonchev–Trinajstić information content (AvgIpc) is 2.45. The van der Waals surface area contributed by atoms with Crippen molar-refractivity contribution in [1.29, 1.82) is 0 Å². The third kappa shape index (κ3) is 3.38. The van der Waals surface area contributed by atoms with Gasteiger partial charge in [0, 0.05) is 5.56 Å². The Kier molecular flexibility index (Phi) is 4.05. The number of hydrogen-bond donors (Lipinski definition) is 1. The summed E-state index contributed by atoms with van der Waals surface area (Å²) in [6, 6.07) is 11.5. The molecular formula is C16H11FO3. The molecule has 0 radical (unpaired) electrons. The largest absolute Gasteiger partial charge is 0.478 e. The van der Waals surface area contributed by atoms with Crippen LogP contribution in [0.5, 0.6) is 0 Å². The van der Waals surface area contributed by atoms with Gasteiger partial charge in [-0.2, -0.15) is 0 Å². The van der Waals surface area contributed by atoms with Crippen molar-refractivity contribution in [3.63, 3.8) is 0 Å². The van der Waals surface area contributed by atoms with Gasteiger partial charge in [-0.05, 0) is 35.9 Å². The van der Waals surface area contributed by atoms with Gasteiger partial charge in [0.1, 0.15) is 5.82 Å². The number of hydrogen-bond acceptors (Lipinski definition) is 2. The Morgan fingerprint density at radius 3 is 2.30 bits per heavy atom. The zero-order chi connectivity index (χ0) is 14.5. The van der Waals surface area contributed by atoms with Crippen molar-refractivity contribution < 1.29 is 19.1 Å². The predicted octanol–water partition coefficient (Wildman–Crippen LogP) is 3.42. The normalized spacial score (nSPS) is 10.7. The van der Waals surface area contributed by atoms with Gasteiger partial charge in [0.15, 0.2) is 5.78 Å². The van der Waals surface area contributed by atoms with Crippen LogP contribution in [0.25, 0.3) is 6.08 Å². The summed E-state index contributed by atoms with van der Waals surface area (Å²) < 4.78 is 13.0. The van der Waals surface area contributed by atoms with Crippen LogP contribution in [-0.2, 0) is 0 Å². The summed E-state index contributed by atoms with van der Waals surface area (Å²) in [5, 5.41) is 8.76. The number of rotatable bonds is 4. The van der Waals surface area contributed by atoms with Crippen molar-refractivity contribution >= 4 is 17.8 Å². The third-order valence-electron chi connectivity index (χ3n) is 2.69. The molecule has 0 atom stereocenters. The Labute approximate surface area is 115 Å². The summed E-state index contributed by atoms with van der Waals surface area (Å²) in [5.74, 6) is -1.78. The number of allylic oxidation sites excluding steroid dienone is 1. The molecule has 0 unspecified atom stereocenters. The molecule has 0 aliphatic heterocycles. The Morgan fingerprint density at radius 1 is 1.00 bits per heavy atom. The van der Waals surface area contributed by atoms with Crippen molar-refractivity contribution in [1.82, 2.24) is 0 Å². The molecule has 0 amide bonds. The maximum atomic E-state index is 13.0. The Morgan fingerprint density at radius 2 is 1.70 bits per heavy atom. The van der Waals surface area contributed by atoms with Crippen LogP contribution in [0.1, 0.15) is 26.3 Å².